The summed E-state index contributed by atoms with van der Waals surface area (Å²) >= 11 is 0. The van der Waals surface area contributed by atoms with E-state index in [0.29, 0.717) is 13.0 Å². The Labute approximate surface area is 124 Å². The SMILES string of the molecule is O=C(COc1ccccc1)CC1OCCc2ccccc21. The number of carbonyl (C=O) groups is 1. The first-order valence-electron chi connectivity index (χ1n) is 7.22. The summed E-state index contributed by atoms with van der Waals surface area (Å²) in [6, 6.07) is 17.6. The molecule has 2 aromatic carbocycles. The third-order valence-electron chi connectivity index (χ3n) is 3.65. The van der Waals surface area contributed by atoms with Crippen LogP contribution in [0.3, 0.4) is 0 Å². The molecule has 21 heavy (non-hydrogen) atoms. The standard InChI is InChI=1S/C18H18O3/c19-15(13-21-16-7-2-1-3-8-16)12-18-17-9-5-4-6-14(17)10-11-20-18/h1-9,18H,10-13H2. The van der Waals surface area contributed by atoms with Gasteiger partial charge in [0, 0.05) is 6.42 Å². The Morgan fingerprint density at radius 2 is 1.86 bits per heavy atom. The van der Waals surface area contributed by atoms with Gasteiger partial charge in [-0.2, -0.15) is 0 Å². The first-order valence-corrected chi connectivity index (χ1v) is 7.22. The van der Waals surface area contributed by atoms with Gasteiger partial charge >= 0.3 is 0 Å². The van der Waals surface area contributed by atoms with E-state index >= 15 is 0 Å². The first-order chi connectivity index (χ1) is 10.3. The Balaban J connectivity index is 1.58. The number of ketones is 1. The lowest BCUT2D eigenvalue weighted by molar-refractivity contribution is -0.124. The minimum atomic E-state index is -0.137. The number of hydrogen-bond acceptors (Lipinski definition) is 3. The van der Waals surface area contributed by atoms with Gasteiger partial charge in [-0.05, 0) is 29.7 Å². The molecule has 0 amide bonds. The van der Waals surface area contributed by atoms with E-state index in [2.05, 4.69) is 6.07 Å². The molecule has 108 valence electrons. The Morgan fingerprint density at radius 3 is 2.71 bits per heavy atom. The molecule has 1 aliphatic heterocycles. The fourth-order valence-corrected chi connectivity index (χ4v) is 2.59. The lowest BCUT2D eigenvalue weighted by Crippen LogP contribution is -2.21. The van der Waals surface area contributed by atoms with Gasteiger partial charge in [0.25, 0.3) is 0 Å². The van der Waals surface area contributed by atoms with Crippen LogP contribution in [0.2, 0.25) is 0 Å². The zero-order valence-corrected chi connectivity index (χ0v) is 11.8. The van der Waals surface area contributed by atoms with E-state index in [4.69, 9.17) is 9.47 Å². The molecule has 0 spiro atoms. The molecule has 1 atom stereocenters. The number of fused-ring (bicyclic) bond motifs is 1. The Morgan fingerprint density at radius 1 is 1.10 bits per heavy atom. The van der Waals surface area contributed by atoms with Crippen molar-refractivity contribution in [2.75, 3.05) is 13.2 Å². The summed E-state index contributed by atoms with van der Waals surface area (Å²) in [6.45, 7) is 0.764. The van der Waals surface area contributed by atoms with Crippen LogP contribution >= 0.6 is 0 Å². The van der Waals surface area contributed by atoms with Crippen molar-refractivity contribution < 1.29 is 14.3 Å². The maximum atomic E-state index is 12.1. The first kappa shape index (κ1) is 13.8. The fraction of sp³-hybridized carbons (Fsp3) is 0.278. The highest BCUT2D eigenvalue weighted by molar-refractivity contribution is 5.80. The molecular weight excluding hydrogens is 264 g/mol. The highest BCUT2D eigenvalue weighted by Crippen LogP contribution is 2.29. The van der Waals surface area contributed by atoms with Gasteiger partial charge < -0.3 is 9.47 Å². The summed E-state index contributed by atoms with van der Waals surface area (Å²) in [5.41, 5.74) is 2.42. The Hall–Kier alpha value is -2.13. The molecule has 3 heteroatoms. The second-order valence-electron chi connectivity index (χ2n) is 5.15. The van der Waals surface area contributed by atoms with E-state index in [9.17, 15) is 4.79 Å². The second kappa shape index (κ2) is 6.55. The normalized spacial score (nSPS) is 17.0. The topological polar surface area (TPSA) is 35.5 Å². The van der Waals surface area contributed by atoms with Gasteiger partial charge in [0.05, 0.1) is 12.7 Å². The summed E-state index contributed by atoms with van der Waals surface area (Å²) < 4.78 is 11.2. The van der Waals surface area contributed by atoms with Crippen LogP contribution in [0, 0.1) is 0 Å². The van der Waals surface area contributed by atoms with E-state index in [-0.39, 0.29) is 18.5 Å². The number of ether oxygens (including phenoxy) is 2. The average Bonchev–Trinajstić information content (AvgIpc) is 2.54. The highest BCUT2D eigenvalue weighted by atomic mass is 16.5. The highest BCUT2D eigenvalue weighted by Gasteiger charge is 2.23. The van der Waals surface area contributed by atoms with Crippen LogP contribution in [0.1, 0.15) is 23.7 Å². The van der Waals surface area contributed by atoms with Gasteiger partial charge in [-0.15, -0.1) is 0 Å². The molecule has 0 bridgehead atoms. The smallest absolute Gasteiger partial charge is 0.173 e. The fourth-order valence-electron chi connectivity index (χ4n) is 2.59. The molecule has 0 N–H and O–H groups in total. The Bertz CT molecular complexity index is 607. The molecular formula is C18H18O3. The van der Waals surface area contributed by atoms with Gasteiger partial charge in [0.2, 0.25) is 0 Å². The number of rotatable bonds is 5. The van der Waals surface area contributed by atoms with E-state index < -0.39 is 0 Å². The van der Waals surface area contributed by atoms with E-state index in [1.54, 1.807) is 0 Å². The zero-order valence-electron chi connectivity index (χ0n) is 11.8. The summed E-state index contributed by atoms with van der Waals surface area (Å²) in [4.78, 5) is 12.1. The molecule has 1 aliphatic rings. The number of para-hydroxylation sites is 1. The Kier molecular flexibility index (Phi) is 4.31. The molecule has 3 nitrogen and oxygen atoms in total. The maximum Gasteiger partial charge on any atom is 0.173 e. The zero-order chi connectivity index (χ0) is 14.5. The summed E-state index contributed by atoms with van der Waals surface area (Å²) in [5.74, 6) is 0.774. The third kappa shape index (κ3) is 3.50. The van der Waals surface area contributed by atoms with Crippen molar-refractivity contribution in [2.24, 2.45) is 0 Å². The predicted octanol–water partition coefficient (Wildman–Crippen LogP) is 3.34. The number of carbonyl (C=O) groups excluding carboxylic acids is 1. The quantitative estimate of drug-likeness (QED) is 0.843. The van der Waals surface area contributed by atoms with Crippen LogP contribution < -0.4 is 4.74 Å². The van der Waals surface area contributed by atoms with Crippen molar-refractivity contribution in [1.82, 2.24) is 0 Å². The lowest BCUT2D eigenvalue weighted by Gasteiger charge is -2.25. The van der Waals surface area contributed by atoms with Crippen molar-refractivity contribution in [3.05, 3.63) is 65.7 Å². The van der Waals surface area contributed by atoms with E-state index in [0.717, 1.165) is 17.7 Å². The summed E-state index contributed by atoms with van der Waals surface area (Å²) in [6.07, 6.45) is 1.15. The van der Waals surface area contributed by atoms with Crippen LogP contribution in [0.5, 0.6) is 5.75 Å². The largest absolute Gasteiger partial charge is 0.486 e. The minimum Gasteiger partial charge on any atom is -0.486 e. The van der Waals surface area contributed by atoms with Crippen molar-refractivity contribution in [2.45, 2.75) is 18.9 Å². The van der Waals surface area contributed by atoms with Crippen LogP contribution in [0.25, 0.3) is 0 Å². The van der Waals surface area contributed by atoms with Gasteiger partial charge in [-0.25, -0.2) is 0 Å². The maximum absolute atomic E-state index is 12.1. The van der Waals surface area contributed by atoms with Crippen LogP contribution in [-0.4, -0.2) is 19.0 Å². The molecule has 1 unspecified atom stereocenters. The number of Topliss-reactive ketones (excluding diaryl/α,β-unsaturated/α-hetero) is 1. The van der Waals surface area contributed by atoms with Crippen LogP contribution in [0.4, 0.5) is 0 Å². The predicted molar refractivity (Wildman–Crippen MR) is 80.4 cm³/mol. The van der Waals surface area contributed by atoms with Crippen LogP contribution in [0.15, 0.2) is 54.6 Å². The van der Waals surface area contributed by atoms with Crippen molar-refractivity contribution in [1.29, 1.82) is 0 Å². The lowest BCUT2D eigenvalue weighted by atomic mass is 9.95. The third-order valence-corrected chi connectivity index (χ3v) is 3.65. The van der Waals surface area contributed by atoms with Crippen molar-refractivity contribution in [3.8, 4) is 5.75 Å². The van der Waals surface area contributed by atoms with E-state index in [1.807, 2.05) is 48.5 Å². The molecule has 0 saturated heterocycles. The van der Waals surface area contributed by atoms with Crippen molar-refractivity contribution >= 4 is 5.78 Å². The summed E-state index contributed by atoms with van der Waals surface area (Å²) in [7, 11) is 0. The second-order valence-corrected chi connectivity index (χ2v) is 5.15. The number of hydrogen-bond donors (Lipinski definition) is 0. The number of benzene rings is 2. The van der Waals surface area contributed by atoms with Gasteiger partial charge in [0.1, 0.15) is 12.4 Å². The molecule has 0 aliphatic carbocycles. The monoisotopic (exact) mass is 282 g/mol. The minimum absolute atomic E-state index is 0.0561. The van der Waals surface area contributed by atoms with Gasteiger partial charge in [-0.3, -0.25) is 4.79 Å². The molecule has 0 saturated carbocycles. The molecule has 0 aromatic heterocycles. The van der Waals surface area contributed by atoms with Crippen LogP contribution in [-0.2, 0) is 16.0 Å². The van der Waals surface area contributed by atoms with Crippen molar-refractivity contribution in [3.63, 3.8) is 0 Å². The molecule has 3 rings (SSSR count). The van der Waals surface area contributed by atoms with Gasteiger partial charge in [-0.1, -0.05) is 42.5 Å². The van der Waals surface area contributed by atoms with Gasteiger partial charge in [0.15, 0.2) is 5.78 Å². The molecule has 0 radical (unpaired) electrons. The average molecular weight is 282 g/mol. The van der Waals surface area contributed by atoms with E-state index in [1.165, 1.54) is 5.56 Å². The molecule has 1 heterocycles. The summed E-state index contributed by atoms with van der Waals surface area (Å²) in [5, 5.41) is 0. The molecule has 0 fully saturated rings. The molecule has 2 aromatic rings.